The third-order valence-electron chi connectivity index (χ3n) is 3.47. The molecule has 1 fully saturated rings. The van der Waals surface area contributed by atoms with Gasteiger partial charge in [0.1, 0.15) is 0 Å². The predicted octanol–water partition coefficient (Wildman–Crippen LogP) is 1.79. The van der Waals surface area contributed by atoms with Crippen LogP contribution >= 0.6 is 11.6 Å². The summed E-state index contributed by atoms with van der Waals surface area (Å²) in [6.07, 6.45) is -0.533. The third kappa shape index (κ3) is 3.14. The Balaban J connectivity index is 2.01. The van der Waals surface area contributed by atoms with Crippen LogP contribution in [-0.2, 0) is 16.1 Å². The summed E-state index contributed by atoms with van der Waals surface area (Å²) < 4.78 is 5.73. The van der Waals surface area contributed by atoms with Gasteiger partial charge in [-0.25, -0.2) is 0 Å². The molecule has 20 heavy (non-hydrogen) atoms. The molecule has 1 aromatic carbocycles. The molecule has 0 saturated carbocycles. The molecule has 2 atom stereocenters. The van der Waals surface area contributed by atoms with Gasteiger partial charge in [0.25, 0.3) is 5.91 Å². The van der Waals surface area contributed by atoms with Crippen molar-refractivity contribution in [3.05, 3.63) is 35.9 Å². The summed E-state index contributed by atoms with van der Waals surface area (Å²) >= 11 is 6.35. The highest BCUT2D eigenvalue weighted by Gasteiger charge is 2.54. The first-order valence-corrected chi connectivity index (χ1v) is 7.08. The van der Waals surface area contributed by atoms with E-state index in [2.05, 4.69) is 0 Å². The van der Waals surface area contributed by atoms with E-state index in [1.807, 2.05) is 44.2 Å². The first-order valence-electron chi connectivity index (χ1n) is 6.71. The second-order valence-electron chi connectivity index (χ2n) is 5.48. The molecule has 1 heterocycles. The van der Waals surface area contributed by atoms with Gasteiger partial charge in [0.15, 0.2) is 6.10 Å². The van der Waals surface area contributed by atoms with E-state index in [1.165, 1.54) is 0 Å². The van der Waals surface area contributed by atoms with Gasteiger partial charge in [0.05, 0.1) is 24.1 Å². The van der Waals surface area contributed by atoms with Gasteiger partial charge in [-0.2, -0.15) is 0 Å². The second kappa shape index (κ2) is 6.12. The number of β-amino-alcohol motifs (C(OH)–C–C–N with tert-alkyl or cyclic N) is 1. The topological polar surface area (TPSA) is 49.8 Å². The Morgan fingerprint density at radius 2 is 2.00 bits per heavy atom. The van der Waals surface area contributed by atoms with E-state index >= 15 is 0 Å². The zero-order chi connectivity index (χ0) is 14.8. The highest BCUT2D eigenvalue weighted by molar-refractivity contribution is 6.24. The van der Waals surface area contributed by atoms with E-state index in [9.17, 15) is 4.79 Å². The quantitative estimate of drug-likeness (QED) is 0.643. The van der Waals surface area contributed by atoms with E-state index in [-0.39, 0.29) is 18.6 Å². The fourth-order valence-electron chi connectivity index (χ4n) is 2.53. The molecule has 1 aliphatic heterocycles. The van der Waals surface area contributed by atoms with E-state index in [0.29, 0.717) is 13.2 Å². The van der Waals surface area contributed by atoms with Gasteiger partial charge < -0.3 is 14.7 Å². The summed E-state index contributed by atoms with van der Waals surface area (Å²) in [6, 6.07) is 9.49. The minimum Gasteiger partial charge on any atom is -0.395 e. The molecule has 0 spiro atoms. The number of ether oxygens (including phenoxy) is 1. The molecule has 2 rings (SSSR count). The maximum absolute atomic E-state index is 12.1. The predicted molar refractivity (Wildman–Crippen MR) is 77.5 cm³/mol. The molecule has 0 unspecified atom stereocenters. The van der Waals surface area contributed by atoms with Gasteiger partial charge in [0.2, 0.25) is 0 Å². The highest BCUT2D eigenvalue weighted by Crippen LogP contribution is 2.35. The molecule has 1 amide bonds. The number of alkyl halides is 1. The number of likely N-dealkylation sites (tertiary alicyclic amines) is 1. The fraction of sp³-hybridized carbons (Fsp3) is 0.533. The molecule has 1 saturated heterocycles. The maximum Gasteiger partial charge on any atom is 0.254 e. The molecule has 0 bridgehead atoms. The van der Waals surface area contributed by atoms with Crippen molar-refractivity contribution in [2.45, 2.75) is 37.5 Å². The van der Waals surface area contributed by atoms with Crippen molar-refractivity contribution in [1.82, 2.24) is 4.90 Å². The Morgan fingerprint density at radius 3 is 2.55 bits per heavy atom. The number of nitrogens with zero attached hydrogens (tertiary/aromatic N) is 1. The van der Waals surface area contributed by atoms with Crippen LogP contribution in [0.5, 0.6) is 0 Å². The zero-order valence-corrected chi connectivity index (χ0v) is 12.5. The number of amides is 1. The average molecular weight is 298 g/mol. The average Bonchev–Trinajstić information content (AvgIpc) is 2.40. The molecule has 1 aliphatic rings. The normalized spacial score (nSPS) is 22.8. The van der Waals surface area contributed by atoms with Crippen molar-refractivity contribution >= 4 is 17.5 Å². The van der Waals surface area contributed by atoms with Crippen LogP contribution in [0.4, 0.5) is 0 Å². The summed E-state index contributed by atoms with van der Waals surface area (Å²) in [5.41, 5.74) is 1.02. The smallest absolute Gasteiger partial charge is 0.254 e. The molecule has 5 heteroatoms. The number of carbonyl (C=O) groups is 1. The highest BCUT2D eigenvalue weighted by atomic mass is 35.5. The first-order chi connectivity index (χ1) is 9.45. The van der Waals surface area contributed by atoms with Crippen LogP contribution in [0.3, 0.4) is 0 Å². The van der Waals surface area contributed by atoms with Crippen molar-refractivity contribution < 1.29 is 14.6 Å². The Morgan fingerprint density at radius 1 is 1.35 bits per heavy atom. The molecule has 0 radical (unpaired) electrons. The second-order valence-corrected chi connectivity index (χ2v) is 6.46. The number of benzene rings is 1. The summed E-state index contributed by atoms with van der Waals surface area (Å²) in [5.74, 6) is -0.103. The Labute approximate surface area is 124 Å². The molecule has 4 nitrogen and oxygen atoms in total. The number of hydrogen-bond donors (Lipinski definition) is 1. The van der Waals surface area contributed by atoms with Crippen LogP contribution in [-0.4, -0.2) is 46.1 Å². The van der Waals surface area contributed by atoms with Crippen molar-refractivity contribution in [1.29, 1.82) is 0 Å². The number of carbonyl (C=O) groups excluding carboxylic acids is 1. The SMILES string of the molecule is CC(C)(Cl)[C@@H]1[C@H](OCc2ccccc2)C(=O)N1CCO. The summed E-state index contributed by atoms with van der Waals surface area (Å²) in [5, 5.41) is 9.02. The van der Waals surface area contributed by atoms with Crippen LogP contribution < -0.4 is 0 Å². The van der Waals surface area contributed by atoms with Gasteiger partial charge in [-0.15, -0.1) is 11.6 Å². The third-order valence-corrected chi connectivity index (χ3v) is 3.69. The van der Waals surface area contributed by atoms with Crippen LogP contribution in [0.25, 0.3) is 0 Å². The maximum atomic E-state index is 12.1. The lowest BCUT2D eigenvalue weighted by Crippen LogP contribution is -2.71. The summed E-state index contributed by atoms with van der Waals surface area (Å²) in [6.45, 7) is 4.32. The van der Waals surface area contributed by atoms with Gasteiger partial charge in [-0.05, 0) is 19.4 Å². The molecule has 1 aromatic rings. The van der Waals surface area contributed by atoms with E-state index in [4.69, 9.17) is 21.4 Å². The van der Waals surface area contributed by atoms with Gasteiger partial charge >= 0.3 is 0 Å². The zero-order valence-electron chi connectivity index (χ0n) is 11.8. The van der Waals surface area contributed by atoms with Gasteiger partial charge in [-0.3, -0.25) is 4.79 Å². The minimum atomic E-state index is -0.593. The lowest BCUT2D eigenvalue weighted by molar-refractivity contribution is -0.179. The van der Waals surface area contributed by atoms with Crippen molar-refractivity contribution in [2.75, 3.05) is 13.2 Å². The van der Waals surface area contributed by atoms with Crippen LogP contribution in [0.2, 0.25) is 0 Å². The molecular weight excluding hydrogens is 278 g/mol. The largest absolute Gasteiger partial charge is 0.395 e. The number of β-lactam (4-membered cyclic amide) rings is 1. The van der Waals surface area contributed by atoms with Crippen LogP contribution in [0.1, 0.15) is 19.4 Å². The number of aliphatic hydroxyl groups excluding tert-OH is 1. The van der Waals surface area contributed by atoms with Gasteiger partial charge in [-0.1, -0.05) is 30.3 Å². The van der Waals surface area contributed by atoms with Crippen LogP contribution in [0.15, 0.2) is 30.3 Å². The molecule has 0 aromatic heterocycles. The van der Waals surface area contributed by atoms with E-state index < -0.39 is 11.0 Å². The number of aliphatic hydroxyl groups is 1. The van der Waals surface area contributed by atoms with Gasteiger partial charge in [0, 0.05) is 6.54 Å². The Bertz CT molecular complexity index is 458. The molecule has 0 aliphatic carbocycles. The lowest BCUT2D eigenvalue weighted by atomic mass is 9.87. The Hall–Kier alpha value is -1.10. The molecule has 110 valence electrons. The number of hydrogen-bond acceptors (Lipinski definition) is 3. The molecular formula is C15H20ClNO3. The standard InChI is InChI=1S/C15H20ClNO3/c1-15(2,16)13-12(14(19)17(13)8-9-18)20-10-11-6-4-3-5-7-11/h3-7,12-13,18H,8-10H2,1-2H3/t12-,13-/m0/s1. The number of halogens is 1. The Kier molecular flexibility index (Phi) is 4.68. The van der Waals surface area contributed by atoms with Crippen molar-refractivity contribution in [3.8, 4) is 0 Å². The lowest BCUT2D eigenvalue weighted by Gasteiger charge is -2.51. The first kappa shape index (κ1) is 15.3. The van der Waals surface area contributed by atoms with Crippen molar-refractivity contribution in [2.24, 2.45) is 0 Å². The van der Waals surface area contributed by atoms with E-state index in [0.717, 1.165) is 5.56 Å². The number of rotatable bonds is 6. The van der Waals surface area contributed by atoms with Crippen molar-refractivity contribution in [3.63, 3.8) is 0 Å². The summed E-state index contributed by atoms with van der Waals surface area (Å²) in [7, 11) is 0. The monoisotopic (exact) mass is 297 g/mol. The van der Waals surface area contributed by atoms with Crippen LogP contribution in [0, 0.1) is 0 Å². The van der Waals surface area contributed by atoms with E-state index in [1.54, 1.807) is 4.90 Å². The molecule has 1 N–H and O–H groups in total. The fourth-order valence-corrected chi connectivity index (χ4v) is 2.76. The summed E-state index contributed by atoms with van der Waals surface area (Å²) in [4.78, 5) is 13.1. The minimum absolute atomic E-state index is 0.0688.